The molecule has 2 amide bonds. The molecule has 0 aliphatic heterocycles. The van der Waals surface area contributed by atoms with Gasteiger partial charge in [0, 0.05) is 34.2 Å². The fraction of sp³-hybridized carbons (Fsp3) is 0.136. The Kier molecular flexibility index (Phi) is 6.14. The Morgan fingerprint density at radius 3 is 2.31 bits per heavy atom. The third kappa shape index (κ3) is 5.33. The molecule has 29 heavy (non-hydrogen) atoms. The summed E-state index contributed by atoms with van der Waals surface area (Å²) in [6, 6.07) is 14.9. The number of aromatic nitrogens is 1. The molecule has 0 unspecified atom stereocenters. The van der Waals surface area contributed by atoms with Crippen molar-refractivity contribution in [1.29, 1.82) is 0 Å². The van der Waals surface area contributed by atoms with E-state index in [4.69, 9.17) is 11.6 Å². The van der Waals surface area contributed by atoms with Crippen molar-refractivity contribution in [3.63, 3.8) is 0 Å². The lowest BCUT2D eigenvalue weighted by atomic mass is 10.1. The maximum Gasteiger partial charge on any atom is 0.255 e. The molecule has 6 nitrogen and oxygen atoms in total. The number of carbonyl (C=O) groups excluding carboxylic acids is 2. The van der Waals surface area contributed by atoms with Crippen LogP contribution in [0.25, 0.3) is 0 Å². The van der Waals surface area contributed by atoms with Gasteiger partial charge in [-0.3, -0.25) is 14.4 Å². The monoisotopic (exact) mass is 409 g/mol. The predicted octanol–water partition coefficient (Wildman–Crippen LogP) is 4.01. The van der Waals surface area contributed by atoms with E-state index in [1.807, 2.05) is 19.9 Å². The molecular weight excluding hydrogens is 390 g/mol. The first-order chi connectivity index (χ1) is 13.8. The van der Waals surface area contributed by atoms with Gasteiger partial charge in [-0.15, -0.1) is 0 Å². The van der Waals surface area contributed by atoms with E-state index in [9.17, 15) is 14.4 Å². The highest BCUT2D eigenvalue weighted by Crippen LogP contribution is 2.20. The number of anilines is 2. The average molecular weight is 410 g/mol. The number of benzene rings is 2. The molecule has 1 heterocycles. The predicted molar refractivity (Wildman–Crippen MR) is 115 cm³/mol. The number of aryl methyl sites for hydroxylation is 2. The van der Waals surface area contributed by atoms with Gasteiger partial charge in [-0.25, -0.2) is 0 Å². The van der Waals surface area contributed by atoms with Crippen molar-refractivity contribution in [3.05, 3.63) is 92.9 Å². The van der Waals surface area contributed by atoms with Crippen molar-refractivity contribution in [2.45, 2.75) is 20.4 Å². The first-order valence-corrected chi connectivity index (χ1v) is 9.34. The Bertz CT molecular complexity index is 1120. The van der Waals surface area contributed by atoms with Gasteiger partial charge in [-0.2, -0.15) is 0 Å². The second-order valence-electron chi connectivity index (χ2n) is 6.72. The highest BCUT2D eigenvalue weighted by atomic mass is 35.5. The van der Waals surface area contributed by atoms with Crippen molar-refractivity contribution in [3.8, 4) is 0 Å². The molecule has 0 spiro atoms. The molecule has 0 fully saturated rings. The molecule has 7 heteroatoms. The quantitative estimate of drug-likeness (QED) is 0.668. The van der Waals surface area contributed by atoms with Crippen LogP contribution in [-0.4, -0.2) is 16.4 Å². The number of nitrogens with zero attached hydrogens (tertiary/aromatic N) is 1. The van der Waals surface area contributed by atoms with E-state index >= 15 is 0 Å². The molecule has 3 rings (SSSR count). The summed E-state index contributed by atoms with van der Waals surface area (Å²) >= 11 is 6.08. The summed E-state index contributed by atoms with van der Waals surface area (Å²) in [6.07, 6.45) is 1.63. The zero-order chi connectivity index (χ0) is 21.0. The Morgan fingerprint density at radius 1 is 0.931 bits per heavy atom. The van der Waals surface area contributed by atoms with Crippen molar-refractivity contribution in [2.24, 2.45) is 0 Å². The Balaban J connectivity index is 1.62. The molecule has 1 aromatic heterocycles. The first kappa shape index (κ1) is 20.4. The number of hydrogen-bond acceptors (Lipinski definition) is 3. The Labute approximate surface area is 173 Å². The summed E-state index contributed by atoms with van der Waals surface area (Å²) in [5, 5.41) is 6.08. The summed E-state index contributed by atoms with van der Waals surface area (Å²) < 4.78 is 1.35. The minimum absolute atomic E-state index is 0.0864. The van der Waals surface area contributed by atoms with Gasteiger partial charge in [0.05, 0.1) is 0 Å². The van der Waals surface area contributed by atoms with E-state index in [0.29, 0.717) is 22.0 Å². The van der Waals surface area contributed by atoms with Crippen LogP contribution in [0.15, 0.2) is 65.6 Å². The molecule has 2 aromatic carbocycles. The molecule has 0 atom stereocenters. The van der Waals surface area contributed by atoms with Crippen LogP contribution in [0.3, 0.4) is 0 Å². The van der Waals surface area contributed by atoms with Gasteiger partial charge < -0.3 is 15.2 Å². The van der Waals surface area contributed by atoms with E-state index in [-0.39, 0.29) is 23.9 Å². The summed E-state index contributed by atoms with van der Waals surface area (Å²) in [6.45, 7) is 3.65. The van der Waals surface area contributed by atoms with Gasteiger partial charge in [0.1, 0.15) is 6.54 Å². The van der Waals surface area contributed by atoms with Gasteiger partial charge in [-0.05, 0) is 61.4 Å². The minimum Gasteiger partial charge on any atom is -0.325 e. The maximum absolute atomic E-state index is 12.4. The molecule has 0 aliphatic rings. The lowest BCUT2D eigenvalue weighted by molar-refractivity contribution is -0.116. The van der Waals surface area contributed by atoms with Crippen LogP contribution in [-0.2, 0) is 11.3 Å². The van der Waals surface area contributed by atoms with Crippen LogP contribution in [0.1, 0.15) is 21.5 Å². The van der Waals surface area contributed by atoms with Gasteiger partial charge in [0.15, 0.2) is 0 Å². The standard InChI is InChI=1S/C22H20ClN3O3/c1-14-3-10-21(28)26(12-14)13-20(27)24-17-8-5-16(6-9-17)22(29)25-18-7-4-15(2)19(23)11-18/h3-12H,13H2,1-2H3,(H,24,27)(H,25,29). The molecule has 2 N–H and O–H groups in total. The lowest BCUT2D eigenvalue weighted by Crippen LogP contribution is -2.26. The van der Waals surface area contributed by atoms with E-state index in [1.165, 1.54) is 10.6 Å². The van der Waals surface area contributed by atoms with Gasteiger partial charge in [-0.1, -0.05) is 23.7 Å². The third-order valence-electron chi connectivity index (χ3n) is 4.31. The highest BCUT2D eigenvalue weighted by Gasteiger charge is 2.09. The zero-order valence-corrected chi connectivity index (χ0v) is 16.8. The summed E-state index contributed by atoms with van der Waals surface area (Å²) in [5.74, 6) is -0.613. The van der Waals surface area contributed by atoms with Crippen LogP contribution in [0, 0.1) is 13.8 Å². The van der Waals surface area contributed by atoms with Crippen LogP contribution in [0.5, 0.6) is 0 Å². The third-order valence-corrected chi connectivity index (χ3v) is 4.71. The number of rotatable bonds is 5. The normalized spacial score (nSPS) is 10.4. The smallest absolute Gasteiger partial charge is 0.255 e. The second-order valence-corrected chi connectivity index (χ2v) is 7.12. The number of amides is 2. The van der Waals surface area contributed by atoms with Gasteiger partial charge >= 0.3 is 0 Å². The topological polar surface area (TPSA) is 80.2 Å². The second kappa shape index (κ2) is 8.75. The number of halogens is 1. The minimum atomic E-state index is -0.329. The zero-order valence-electron chi connectivity index (χ0n) is 16.0. The molecule has 0 radical (unpaired) electrons. The Morgan fingerprint density at radius 2 is 1.62 bits per heavy atom. The fourth-order valence-corrected chi connectivity index (χ4v) is 2.89. The maximum atomic E-state index is 12.4. The molecule has 0 saturated carbocycles. The summed E-state index contributed by atoms with van der Waals surface area (Å²) in [5.41, 5.74) is 3.15. The van der Waals surface area contributed by atoms with Crippen LogP contribution in [0.2, 0.25) is 5.02 Å². The van der Waals surface area contributed by atoms with Crippen molar-refractivity contribution in [2.75, 3.05) is 10.6 Å². The molecular formula is C22H20ClN3O3. The SMILES string of the molecule is Cc1ccc(=O)n(CC(=O)Nc2ccc(C(=O)Nc3ccc(C)c(Cl)c3)cc2)c1. The number of nitrogens with one attached hydrogen (secondary N) is 2. The average Bonchev–Trinajstić information content (AvgIpc) is 2.68. The molecule has 0 saturated heterocycles. The van der Waals surface area contributed by atoms with Crippen LogP contribution >= 0.6 is 11.6 Å². The van der Waals surface area contributed by atoms with E-state index < -0.39 is 0 Å². The summed E-state index contributed by atoms with van der Waals surface area (Å²) in [7, 11) is 0. The van der Waals surface area contributed by atoms with Gasteiger partial charge in [0.2, 0.25) is 5.91 Å². The van der Waals surface area contributed by atoms with Crippen molar-refractivity contribution >= 4 is 34.8 Å². The number of carbonyl (C=O) groups is 2. The van der Waals surface area contributed by atoms with E-state index in [2.05, 4.69) is 10.6 Å². The molecule has 0 aliphatic carbocycles. The van der Waals surface area contributed by atoms with E-state index in [1.54, 1.807) is 48.7 Å². The van der Waals surface area contributed by atoms with Crippen LogP contribution < -0.4 is 16.2 Å². The summed E-state index contributed by atoms with van der Waals surface area (Å²) in [4.78, 5) is 36.4. The largest absolute Gasteiger partial charge is 0.325 e. The van der Waals surface area contributed by atoms with Crippen molar-refractivity contribution < 1.29 is 9.59 Å². The Hall–Kier alpha value is -3.38. The van der Waals surface area contributed by atoms with Crippen molar-refractivity contribution in [1.82, 2.24) is 4.57 Å². The first-order valence-electron chi connectivity index (χ1n) is 8.96. The van der Waals surface area contributed by atoms with Crippen LogP contribution in [0.4, 0.5) is 11.4 Å². The van der Waals surface area contributed by atoms with E-state index in [0.717, 1.165) is 11.1 Å². The molecule has 3 aromatic rings. The number of hydrogen-bond donors (Lipinski definition) is 2. The van der Waals surface area contributed by atoms with Gasteiger partial charge in [0.25, 0.3) is 11.5 Å². The lowest BCUT2D eigenvalue weighted by Gasteiger charge is -2.09. The number of pyridine rings is 1. The highest BCUT2D eigenvalue weighted by molar-refractivity contribution is 6.31. The molecule has 148 valence electrons. The fourth-order valence-electron chi connectivity index (χ4n) is 2.71. The molecule has 0 bridgehead atoms.